The van der Waals surface area contributed by atoms with Crippen LogP contribution >= 0.6 is 11.3 Å². The number of nitrogen functional groups attached to an aromatic ring is 1. The number of thiophene rings is 1. The molecular weight excluding hydrogens is 242 g/mol. The molecule has 0 radical (unpaired) electrons. The van der Waals surface area contributed by atoms with E-state index < -0.39 is 0 Å². The minimum Gasteiger partial charge on any atom is -0.391 e. The molecule has 1 fully saturated rings. The molecule has 3 heterocycles. The molecule has 1 aliphatic heterocycles. The number of anilines is 2. The Labute approximate surface area is 109 Å². The fourth-order valence-electron chi connectivity index (χ4n) is 2.80. The SMILES string of the molecule is Nc1cc2cc3[nH]c(N4CCCC4)cc3cc2s1. The van der Waals surface area contributed by atoms with Crippen LogP contribution in [0.3, 0.4) is 0 Å². The van der Waals surface area contributed by atoms with E-state index in [1.807, 2.05) is 0 Å². The molecule has 0 spiro atoms. The van der Waals surface area contributed by atoms with Crippen LogP contribution in [0.4, 0.5) is 10.8 Å². The summed E-state index contributed by atoms with van der Waals surface area (Å²) < 4.78 is 1.27. The molecule has 92 valence electrons. The van der Waals surface area contributed by atoms with Gasteiger partial charge in [0.15, 0.2) is 0 Å². The molecule has 3 N–H and O–H groups in total. The van der Waals surface area contributed by atoms with Crippen molar-refractivity contribution in [2.45, 2.75) is 12.8 Å². The summed E-state index contributed by atoms with van der Waals surface area (Å²) in [6.07, 6.45) is 2.61. The zero-order chi connectivity index (χ0) is 12.1. The van der Waals surface area contributed by atoms with Crippen LogP contribution in [0.25, 0.3) is 21.0 Å². The van der Waals surface area contributed by atoms with Crippen molar-refractivity contribution in [3.63, 3.8) is 0 Å². The molecule has 1 saturated heterocycles. The summed E-state index contributed by atoms with van der Waals surface area (Å²) in [5.74, 6) is 1.26. The lowest BCUT2D eigenvalue weighted by atomic mass is 10.2. The number of H-pyrrole nitrogens is 1. The smallest absolute Gasteiger partial charge is 0.106 e. The van der Waals surface area contributed by atoms with Crippen molar-refractivity contribution >= 4 is 43.1 Å². The summed E-state index contributed by atoms with van der Waals surface area (Å²) in [4.78, 5) is 5.96. The first kappa shape index (κ1) is 10.3. The largest absolute Gasteiger partial charge is 0.391 e. The lowest BCUT2D eigenvalue weighted by molar-refractivity contribution is 0.949. The molecule has 0 bridgehead atoms. The zero-order valence-electron chi connectivity index (χ0n) is 10.1. The summed E-state index contributed by atoms with van der Waals surface area (Å²) in [6.45, 7) is 2.35. The van der Waals surface area contributed by atoms with Gasteiger partial charge in [0.05, 0.1) is 5.00 Å². The van der Waals surface area contributed by atoms with E-state index in [1.165, 1.54) is 52.7 Å². The quantitative estimate of drug-likeness (QED) is 0.700. The number of nitrogens with one attached hydrogen (secondary N) is 1. The van der Waals surface area contributed by atoms with Crippen LogP contribution in [0.5, 0.6) is 0 Å². The fourth-order valence-corrected chi connectivity index (χ4v) is 3.66. The van der Waals surface area contributed by atoms with Crippen molar-refractivity contribution in [3.05, 3.63) is 24.3 Å². The Morgan fingerprint density at radius 2 is 1.89 bits per heavy atom. The molecule has 18 heavy (non-hydrogen) atoms. The molecule has 0 aliphatic carbocycles. The lowest BCUT2D eigenvalue weighted by Gasteiger charge is -2.14. The number of hydrogen-bond acceptors (Lipinski definition) is 3. The van der Waals surface area contributed by atoms with Crippen molar-refractivity contribution < 1.29 is 0 Å². The fraction of sp³-hybridized carbons (Fsp3) is 0.286. The molecule has 4 rings (SSSR count). The van der Waals surface area contributed by atoms with Crippen LogP contribution in [-0.4, -0.2) is 18.1 Å². The van der Waals surface area contributed by atoms with Gasteiger partial charge in [-0.2, -0.15) is 0 Å². The average Bonchev–Trinajstić information content (AvgIpc) is 3.02. The van der Waals surface area contributed by atoms with Gasteiger partial charge in [0.1, 0.15) is 5.82 Å². The third kappa shape index (κ3) is 1.49. The van der Waals surface area contributed by atoms with Gasteiger partial charge in [0.2, 0.25) is 0 Å². The number of hydrogen-bond donors (Lipinski definition) is 2. The normalized spacial score (nSPS) is 16.1. The Kier molecular flexibility index (Phi) is 2.08. The van der Waals surface area contributed by atoms with E-state index >= 15 is 0 Å². The third-order valence-corrected chi connectivity index (χ3v) is 4.64. The molecule has 0 atom stereocenters. The summed E-state index contributed by atoms with van der Waals surface area (Å²) >= 11 is 1.66. The van der Waals surface area contributed by atoms with Crippen molar-refractivity contribution in [3.8, 4) is 0 Å². The van der Waals surface area contributed by atoms with Gasteiger partial charge in [0.25, 0.3) is 0 Å². The van der Waals surface area contributed by atoms with E-state index in [1.54, 1.807) is 11.3 Å². The predicted octanol–water partition coefficient (Wildman–Crippen LogP) is 3.57. The van der Waals surface area contributed by atoms with Gasteiger partial charge in [-0.05, 0) is 42.5 Å². The second-order valence-electron chi connectivity index (χ2n) is 4.97. The van der Waals surface area contributed by atoms with Gasteiger partial charge in [-0.15, -0.1) is 11.3 Å². The summed E-state index contributed by atoms with van der Waals surface area (Å²) in [5, 5.41) is 3.41. The summed E-state index contributed by atoms with van der Waals surface area (Å²) in [6, 6.07) is 8.75. The lowest BCUT2D eigenvalue weighted by Crippen LogP contribution is -2.17. The number of aromatic nitrogens is 1. The van der Waals surface area contributed by atoms with E-state index in [2.05, 4.69) is 34.1 Å². The highest BCUT2D eigenvalue weighted by Gasteiger charge is 2.14. The zero-order valence-corrected chi connectivity index (χ0v) is 10.9. The van der Waals surface area contributed by atoms with Crippen molar-refractivity contribution in [2.24, 2.45) is 0 Å². The molecule has 1 aromatic carbocycles. The van der Waals surface area contributed by atoms with Crippen LogP contribution in [0.1, 0.15) is 12.8 Å². The number of nitrogens with zero attached hydrogens (tertiary/aromatic N) is 1. The van der Waals surface area contributed by atoms with Crippen molar-refractivity contribution in [1.82, 2.24) is 4.98 Å². The second kappa shape index (κ2) is 3.65. The van der Waals surface area contributed by atoms with E-state index in [0.717, 1.165) is 5.00 Å². The highest BCUT2D eigenvalue weighted by molar-refractivity contribution is 7.22. The number of benzene rings is 1. The van der Waals surface area contributed by atoms with Crippen LogP contribution in [0, 0.1) is 0 Å². The maximum Gasteiger partial charge on any atom is 0.106 e. The summed E-state index contributed by atoms with van der Waals surface area (Å²) in [5.41, 5.74) is 7.06. The van der Waals surface area contributed by atoms with Crippen LogP contribution < -0.4 is 10.6 Å². The van der Waals surface area contributed by atoms with Gasteiger partial charge >= 0.3 is 0 Å². The van der Waals surface area contributed by atoms with Gasteiger partial charge in [0, 0.05) is 28.7 Å². The first-order valence-corrected chi connectivity index (χ1v) is 7.18. The van der Waals surface area contributed by atoms with Gasteiger partial charge in [-0.3, -0.25) is 0 Å². The highest BCUT2D eigenvalue weighted by Crippen LogP contribution is 2.33. The maximum absolute atomic E-state index is 5.85. The highest BCUT2D eigenvalue weighted by atomic mass is 32.1. The maximum atomic E-state index is 5.85. The molecule has 4 heteroatoms. The molecular formula is C14H15N3S. The van der Waals surface area contributed by atoms with E-state index in [-0.39, 0.29) is 0 Å². The van der Waals surface area contributed by atoms with Crippen molar-refractivity contribution in [2.75, 3.05) is 23.7 Å². The second-order valence-corrected chi connectivity index (χ2v) is 6.09. The molecule has 3 nitrogen and oxygen atoms in total. The molecule has 2 aromatic heterocycles. The van der Waals surface area contributed by atoms with E-state index in [4.69, 9.17) is 5.73 Å². The number of rotatable bonds is 1. The Morgan fingerprint density at radius 1 is 1.06 bits per heavy atom. The number of nitrogens with two attached hydrogens (primary N) is 1. The minimum absolute atomic E-state index is 0.886. The Balaban J connectivity index is 1.88. The number of fused-ring (bicyclic) bond motifs is 2. The molecule has 3 aromatic rings. The Morgan fingerprint density at radius 3 is 2.72 bits per heavy atom. The van der Waals surface area contributed by atoms with Crippen LogP contribution in [0.15, 0.2) is 24.3 Å². The average molecular weight is 257 g/mol. The number of aromatic amines is 1. The third-order valence-electron chi connectivity index (χ3n) is 3.71. The van der Waals surface area contributed by atoms with Crippen LogP contribution in [-0.2, 0) is 0 Å². The van der Waals surface area contributed by atoms with Crippen molar-refractivity contribution in [1.29, 1.82) is 0 Å². The topological polar surface area (TPSA) is 45.1 Å². The van der Waals surface area contributed by atoms with Crippen LogP contribution in [0.2, 0.25) is 0 Å². The van der Waals surface area contributed by atoms with E-state index in [9.17, 15) is 0 Å². The predicted molar refractivity (Wildman–Crippen MR) is 79.5 cm³/mol. The molecule has 0 amide bonds. The molecule has 0 saturated carbocycles. The molecule has 0 unspecified atom stereocenters. The first-order valence-electron chi connectivity index (χ1n) is 6.36. The molecule has 1 aliphatic rings. The van der Waals surface area contributed by atoms with Gasteiger partial charge < -0.3 is 15.6 Å². The standard InChI is InChI=1S/C14H15N3S/c15-13-7-10-5-11-9(6-12(10)18-13)8-14(16-11)17-3-1-2-4-17/h5-8,16H,1-4,15H2. The monoisotopic (exact) mass is 257 g/mol. The van der Waals surface area contributed by atoms with Gasteiger partial charge in [-0.25, -0.2) is 0 Å². The first-order chi connectivity index (χ1) is 8.79. The van der Waals surface area contributed by atoms with E-state index in [0.29, 0.717) is 0 Å². The van der Waals surface area contributed by atoms with Gasteiger partial charge in [-0.1, -0.05) is 0 Å². The Bertz CT molecular complexity index is 668. The minimum atomic E-state index is 0.886. The Hall–Kier alpha value is -1.68. The summed E-state index contributed by atoms with van der Waals surface area (Å²) in [7, 11) is 0.